The molecule has 4 heteroatoms. The SMILES string of the molecule is CCC(C)(C)c1ccc(OCCn2cc(N)cn2)cc1. The lowest BCUT2D eigenvalue weighted by molar-refractivity contribution is 0.291. The van der Waals surface area contributed by atoms with Gasteiger partial charge in [-0.1, -0.05) is 32.9 Å². The maximum atomic E-state index is 5.72. The molecule has 0 radical (unpaired) electrons. The van der Waals surface area contributed by atoms with Crippen LogP contribution >= 0.6 is 0 Å². The van der Waals surface area contributed by atoms with Crippen LogP contribution in [0.25, 0.3) is 0 Å². The highest BCUT2D eigenvalue weighted by atomic mass is 16.5. The number of nitrogens with zero attached hydrogens (tertiary/aromatic N) is 2. The van der Waals surface area contributed by atoms with Gasteiger partial charge in [0.05, 0.1) is 18.4 Å². The number of ether oxygens (including phenoxy) is 1. The molecule has 0 aliphatic rings. The van der Waals surface area contributed by atoms with Gasteiger partial charge in [-0.3, -0.25) is 4.68 Å². The molecule has 0 saturated carbocycles. The highest BCUT2D eigenvalue weighted by Gasteiger charge is 2.17. The first-order valence-corrected chi connectivity index (χ1v) is 7.02. The van der Waals surface area contributed by atoms with E-state index in [9.17, 15) is 0 Å². The van der Waals surface area contributed by atoms with E-state index in [1.54, 1.807) is 17.1 Å². The Morgan fingerprint density at radius 1 is 1.25 bits per heavy atom. The Balaban J connectivity index is 1.88. The number of nitrogen functional groups attached to an aromatic ring is 1. The number of aromatic nitrogens is 2. The predicted octanol–water partition coefficient (Wildman–Crippen LogP) is 3.23. The van der Waals surface area contributed by atoms with E-state index >= 15 is 0 Å². The highest BCUT2D eigenvalue weighted by Crippen LogP contribution is 2.27. The standard InChI is InChI=1S/C16H23N3O/c1-4-16(2,3)13-5-7-15(8-6-13)20-10-9-19-12-14(17)11-18-19/h5-8,11-12H,4,9-10,17H2,1-3H3. The molecular weight excluding hydrogens is 250 g/mol. The average Bonchev–Trinajstić information content (AvgIpc) is 2.85. The van der Waals surface area contributed by atoms with E-state index in [0.717, 1.165) is 12.2 Å². The van der Waals surface area contributed by atoms with Gasteiger partial charge in [0.2, 0.25) is 0 Å². The van der Waals surface area contributed by atoms with E-state index in [4.69, 9.17) is 10.5 Å². The Morgan fingerprint density at radius 3 is 2.50 bits per heavy atom. The number of nitrogens with two attached hydrogens (primary N) is 1. The molecule has 0 aliphatic carbocycles. The van der Waals surface area contributed by atoms with Crippen LogP contribution in [0.1, 0.15) is 32.8 Å². The number of benzene rings is 1. The highest BCUT2D eigenvalue weighted by molar-refractivity contribution is 5.32. The zero-order chi connectivity index (χ0) is 14.6. The molecule has 4 nitrogen and oxygen atoms in total. The van der Waals surface area contributed by atoms with Crippen molar-refractivity contribution in [3.05, 3.63) is 42.2 Å². The van der Waals surface area contributed by atoms with Gasteiger partial charge in [-0.2, -0.15) is 5.10 Å². The molecule has 0 bridgehead atoms. The van der Waals surface area contributed by atoms with Crippen molar-refractivity contribution in [3.63, 3.8) is 0 Å². The molecule has 1 aromatic heterocycles. The third-order valence-corrected chi connectivity index (χ3v) is 3.76. The normalized spacial score (nSPS) is 11.6. The van der Waals surface area contributed by atoms with Gasteiger partial charge in [-0.25, -0.2) is 0 Å². The van der Waals surface area contributed by atoms with Crippen LogP contribution < -0.4 is 10.5 Å². The van der Waals surface area contributed by atoms with Crippen molar-refractivity contribution in [2.75, 3.05) is 12.3 Å². The Kier molecular flexibility index (Phi) is 4.32. The Bertz CT molecular complexity index is 543. The van der Waals surface area contributed by atoms with Crippen molar-refractivity contribution in [3.8, 4) is 5.75 Å². The lowest BCUT2D eigenvalue weighted by Gasteiger charge is -2.23. The second-order valence-corrected chi connectivity index (χ2v) is 5.65. The van der Waals surface area contributed by atoms with Crippen LogP contribution in [0.3, 0.4) is 0 Å². The first-order chi connectivity index (χ1) is 9.51. The maximum Gasteiger partial charge on any atom is 0.119 e. The molecule has 0 amide bonds. The fourth-order valence-electron chi connectivity index (χ4n) is 1.97. The fraction of sp³-hybridized carbons (Fsp3) is 0.438. The molecule has 2 aromatic rings. The van der Waals surface area contributed by atoms with Crippen molar-refractivity contribution in [2.45, 2.75) is 39.2 Å². The van der Waals surface area contributed by atoms with Crippen LogP contribution in [0.15, 0.2) is 36.7 Å². The smallest absolute Gasteiger partial charge is 0.119 e. The summed E-state index contributed by atoms with van der Waals surface area (Å²) < 4.78 is 7.50. The molecule has 108 valence electrons. The molecule has 2 rings (SSSR count). The molecule has 0 spiro atoms. The fourth-order valence-corrected chi connectivity index (χ4v) is 1.97. The van der Waals surface area contributed by atoms with Crippen molar-refractivity contribution in [2.24, 2.45) is 0 Å². The van der Waals surface area contributed by atoms with Crippen molar-refractivity contribution >= 4 is 5.69 Å². The summed E-state index contributed by atoms with van der Waals surface area (Å²) in [6.07, 6.45) is 4.56. The maximum absolute atomic E-state index is 5.72. The molecule has 0 saturated heterocycles. The zero-order valence-electron chi connectivity index (χ0n) is 12.5. The number of hydrogen-bond acceptors (Lipinski definition) is 3. The van der Waals surface area contributed by atoms with Gasteiger partial charge < -0.3 is 10.5 Å². The minimum atomic E-state index is 0.213. The summed E-state index contributed by atoms with van der Waals surface area (Å²) in [4.78, 5) is 0. The summed E-state index contributed by atoms with van der Waals surface area (Å²) in [6.45, 7) is 7.99. The quantitative estimate of drug-likeness (QED) is 0.879. The van der Waals surface area contributed by atoms with E-state index in [1.165, 1.54) is 5.56 Å². The molecule has 0 aliphatic heterocycles. The van der Waals surface area contributed by atoms with Crippen LogP contribution in [0, 0.1) is 0 Å². The molecule has 1 heterocycles. The summed E-state index contributed by atoms with van der Waals surface area (Å²) in [6, 6.07) is 8.35. The van der Waals surface area contributed by atoms with E-state index < -0.39 is 0 Å². The summed E-state index contributed by atoms with van der Waals surface area (Å²) in [5.74, 6) is 0.890. The zero-order valence-corrected chi connectivity index (χ0v) is 12.5. The van der Waals surface area contributed by atoms with Crippen LogP contribution in [0.2, 0.25) is 0 Å². The third-order valence-electron chi connectivity index (χ3n) is 3.76. The largest absolute Gasteiger partial charge is 0.492 e. The molecule has 0 fully saturated rings. The van der Waals surface area contributed by atoms with Gasteiger partial charge in [0, 0.05) is 6.20 Å². The van der Waals surface area contributed by atoms with Gasteiger partial charge in [0.15, 0.2) is 0 Å². The summed E-state index contributed by atoms with van der Waals surface area (Å²) in [5, 5.41) is 4.12. The Hall–Kier alpha value is -1.97. The summed E-state index contributed by atoms with van der Waals surface area (Å²) >= 11 is 0. The van der Waals surface area contributed by atoms with E-state index in [0.29, 0.717) is 18.8 Å². The second kappa shape index (κ2) is 5.99. The minimum Gasteiger partial charge on any atom is -0.492 e. The Morgan fingerprint density at radius 2 is 1.95 bits per heavy atom. The lowest BCUT2D eigenvalue weighted by Crippen LogP contribution is -2.15. The van der Waals surface area contributed by atoms with E-state index in [-0.39, 0.29) is 5.41 Å². The van der Waals surface area contributed by atoms with Crippen LogP contribution in [0.5, 0.6) is 5.75 Å². The van der Waals surface area contributed by atoms with Crippen molar-refractivity contribution < 1.29 is 4.74 Å². The lowest BCUT2D eigenvalue weighted by atomic mass is 9.82. The molecule has 20 heavy (non-hydrogen) atoms. The average molecular weight is 273 g/mol. The molecule has 2 N–H and O–H groups in total. The predicted molar refractivity (Wildman–Crippen MR) is 81.9 cm³/mol. The third kappa shape index (κ3) is 3.53. The van der Waals surface area contributed by atoms with Gasteiger partial charge in [0.1, 0.15) is 12.4 Å². The number of rotatable bonds is 6. The Labute approximate surface area is 120 Å². The number of hydrogen-bond donors (Lipinski definition) is 1. The van der Waals surface area contributed by atoms with Gasteiger partial charge in [-0.05, 0) is 29.5 Å². The monoisotopic (exact) mass is 273 g/mol. The van der Waals surface area contributed by atoms with Gasteiger partial charge in [-0.15, -0.1) is 0 Å². The van der Waals surface area contributed by atoms with Gasteiger partial charge >= 0.3 is 0 Å². The van der Waals surface area contributed by atoms with Crippen molar-refractivity contribution in [1.29, 1.82) is 0 Å². The molecule has 1 aromatic carbocycles. The van der Waals surface area contributed by atoms with Crippen molar-refractivity contribution in [1.82, 2.24) is 9.78 Å². The molecule has 0 unspecified atom stereocenters. The second-order valence-electron chi connectivity index (χ2n) is 5.65. The number of anilines is 1. The van der Waals surface area contributed by atoms with E-state index in [1.807, 2.05) is 12.1 Å². The molecular formula is C16H23N3O. The summed E-state index contributed by atoms with van der Waals surface area (Å²) in [7, 11) is 0. The van der Waals surface area contributed by atoms with Crippen LogP contribution in [-0.2, 0) is 12.0 Å². The summed E-state index contributed by atoms with van der Waals surface area (Å²) in [5.41, 5.74) is 7.84. The van der Waals surface area contributed by atoms with Crippen LogP contribution in [0.4, 0.5) is 5.69 Å². The molecule has 0 atom stereocenters. The first kappa shape index (κ1) is 14.4. The van der Waals surface area contributed by atoms with Gasteiger partial charge in [0.25, 0.3) is 0 Å². The van der Waals surface area contributed by atoms with E-state index in [2.05, 4.69) is 38.0 Å². The van der Waals surface area contributed by atoms with Crippen LogP contribution in [-0.4, -0.2) is 16.4 Å². The topological polar surface area (TPSA) is 53.1 Å². The minimum absolute atomic E-state index is 0.213. The first-order valence-electron chi connectivity index (χ1n) is 7.02.